The van der Waals surface area contributed by atoms with E-state index in [4.69, 9.17) is 4.74 Å². The first-order valence-electron chi connectivity index (χ1n) is 11.2. The van der Waals surface area contributed by atoms with Gasteiger partial charge in [0.05, 0.1) is 25.4 Å². The third-order valence-corrected chi connectivity index (χ3v) is 7.47. The number of nitrogens with zero attached hydrogens (tertiary/aromatic N) is 2. The summed E-state index contributed by atoms with van der Waals surface area (Å²) in [6, 6.07) is 15.0. The molecule has 1 aliphatic rings. The highest BCUT2D eigenvalue weighted by molar-refractivity contribution is 7.18. The van der Waals surface area contributed by atoms with Crippen molar-refractivity contribution in [1.82, 2.24) is 14.9 Å². The Kier molecular flexibility index (Phi) is 6.24. The topological polar surface area (TPSA) is 56.2 Å². The average molecular weight is 464 g/mol. The zero-order valence-electron chi connectivity index (χ0n) is 18.5. The van der Waals surface area contributed by atoms with Crippen molar-refractivity contribution in [2.45, 2.75) is 38.3 Å². The van der Waals surface area contributed by atoms with E-state index in [0.717, 1.165) is 58.5 Å². The summed E-state index contributed by atoms with van der Waals surface area (Å²) in [5.41, 5.74) is 2.91. The average Bonchev–Trinajstić information content (AvgIpc) is 3.21. The maximum absolute atomic E-state index is 13.8. The predicted octanol–water partition coefficient (Wildman–Crippen LogP) is 4.34. The number of nitrogens with one attached hydrogen (secondary N) is 1. The summed E-state index contributed by atoms with van der Waals surface area (Å²) >= 11 is 1.63. The molecule has 2 aromatic heterocycles. The van der Waals surface area contributed by atoms with Gasteiger partial charge in [-0.1, -0.05) is 30.3 Å². The highest BCUT2D eigenvalue weighted by Crippen LogP contribution is 2.33. The second-order valence-electron chi connectivity index (χ2n) is 8.45. The molecule has 0 spiro atoms. The molecule has 170 valence electrons. The first-order valence-corrected chi connectivity index (χ1v) is 12.0. The molecule has 0 bridgehead atoms. The van der Waals surface area contributed by atoms with Gasteiger partial charge in [0.15, 0.2) is 0 Å². The van der Waals surface area contributed by atoms with Gasteiger partial charge >= 0.3 is 0 Å². The van der Waals surface area contributed by atoms with Gasteiger partial charge in [-0.15, -0.1) is 11.3 Å². The van der Waals surface area contributed by atoms with Crippen molar-refractivity contribution in [2.75, 3.05) is 13.7 Å². The molecule has 0 fully saturated rings. The number of halogens is 1. The number of aryl methyl sites for hydroxylation is 1. The number of aromatic nitrogens is 2. The Bertz CT molecular complexity index is 1350. The fraction of sp³-hybridized carbons (Fsp3) is 0.308. The molecule has 0 amide bonds. The molecule has 4 aromatic rings. The Balaban J connectivity index is 1.31. The molecular formula is C26H26FN3O2S. The number of thiophene rings is 1. The first-order chi connectivity index (χ1) is 16.1. The number of hydrogen-bond acceptors (Lipinski definition) is 5. The van der Waals surface area contributed by atoms with Gasteiger partial charge in [-0.05, 0) is 67.1 Å². The minimum absolute atomic E-state index is 0.0197. The van der Waals surface area contributed by atoms with Crippen LogP contribution < -0.4 is 15.6 Å². The largest absolute Gasteiger partial charge is 0.497 e. The van der Waals surface area contributed by atoms with Crippen LogP contribution in [0.5, 0.6) is 5.75 Å². The number of hydrogen-bond donors (Lipinski definition) is 1. The molecule has 5 nitrogen and oxygen atoms in total. The van der Waals surface area contributed by atoms with Crippen LogP contribution in [0.25, 0.3) is 10.2 Å². The molecule has 2 heterocycles. The molecule has 1 N–H and O–H groups in total. The number of fused-ring (bicyclic) bond motifs is 3. The minimum Gasteiger partial charge on any atom is -0.497 e. The maximum atomic E-state index is 13.8. The van der Waals surface area contributed by atoms with Gasteiger partial charge in [0.2, 0.25) is 0 Å². The molecule has 5 rings (SSSR count). The summed E-state index contributed by atoms with van der Waals surface area (Å²) in [7, 11) is 1.64. The van der Waals surface area contributed by atoms with E-state index in [0.29, 0.717) is 19.0 Å². The number of ether oxygens (including phenoxy) is 1. The van der Waals surface area contributed by atoms with Crippen molar-refractivity contribution in [3.63, 3.8) is 0 Å². The molecule has 1 atom stereocenters. The molecule has 33 heavy (non-hydrogen) atoms. The Morgan fingerprint density at radius 1 is 1.24 bits per heavy atom. The molecule has 0 saturated carbocycles. The van der Waals surface area contributed by atoms with E-state index < -0.39 is 0 Å². The normalized spacial score (nSPS) is 15.5. The van der Waals surface area contributed by atoms with E-state index in [9.17, 15) is 9.18 Å². The summed E-state index contributed by atoms with van der Waals surface area (Å²) in [4.78, 5) is 20.0. The van der Waals surface area contributed by atoms with Crippen LogP contribution in [0.1, 0.15) is 28.0 Å². The fourth-order valence-corrected chi connectivity index (χ4v) is 5.83. The quantitative estimate of drug-likeness (QED) is 0.443. The maximum Gasteiger partial charge on any atom is 0.262 e. The molecule has 7 heteroatoms. The molecule has 0 saturated heterocycles. The molecule has 2 aromatic carbocycles. The summed E-state index contributed by atoms with van der Waals surface area (Å²) in [6.45, 7) is 1.20. The van der Waals surface area contributed by atoms with E-state index in [1.165, 1.54) is 10.9 Å². The summed E-state index contributed by atoms with van der Waals surface area (Å²) in [5.74, 6) is 0.627. The Morgan fingerprint density at radius 3 is 2.97 bits per heavy atom. The van der Waals surface area contributed by atoms with Gasteiger partial charge in [0.1, 0.15) is 16.4 Å². The number of benzene rings is 2. The van der Waals surface area contributed by atoms with E-state index >= 15 is 0 Å². The second-order valence-corrected chi connectivity index (χ2v) is 9.53. The zero-order valence-corrected chi connectivity index (χ0v) is 19.3. The van der Waals surface area contributed by atoms with Crippen molar-refractivity contribution in [2.24, 2.45) is 0 Å². The highest BCUT2D eigenvalue weighted by atomic mass is 32.1. The first kappa shape index (κ1) is 21.8. The molecule has 1 aliphatic carbocycles. The van der Waals surface area contributed by atoms with E-state index in [-0.39, 0.29) is 11.4 Å². The van der Waals surface area contributed by atoms with E-state index in [1.54, 1.807) is 35.4 Å². The lowest BCUT2D eigenvalue weighted by molar-refractivity contribution is 0.414. The lowest BCUT2D eigenvalue weighted by atomic mass is 9.93. The Hall–Kier alpha value is -3.03. The van der Waals surface area contributed by atoms with Crippen molar-refractivity contribution in [3.8, 4) is 5.75 Å². The molecule has 0 radical (unpaired) electrons. The SMILES string of the molecule is COc1cccc(Cn2cnc3sc4c(c3c2=O)CCC(NCCc2ccccc2F)C4)c1. The lowest BCUT2D eigenvalue weighted by Gasteiger charge is -2.23. The third kappa shape index (κ3) is 4.56. The lowest BCUT2D eigenvalue weighted by Crippen LogP contribution is -2.35. The van der Waals surface area contributed by atoms with Crippen LogP contribution in [0, 0.1) is 5.82 Å². The zero-order chi connectivity index (χ0) is 22.8. The van der Waals surface area contributed by atoms with Crippen LogP contribution in [-0.2, 0) is 25.8 Å². The van der Waals surface area contributed by atoms with E-state index in [2.05, 4.69) is 10.3 Å². The van der Waals surface area contributed by atoms with Gasteiger partial charge in [0, 0.05) is 10.9 Å². The van der Waals surface area contributed by atoms with Crippen molar-refractivity contribution < 1.29 is 9.13 Å². The predicted molar refractivity (Wildman–Crippen MR) is 130 cm³/mol. The summed E-state index contributed by atoms with van der Waals surface area (Å²) in [6.07, 6.45) is 5.01. The van der Waals surface area contributed by atoms with Crippen molar-refractivity contribution in [3.05, 3.63) is 92.6 Å². The number of rotatable bonds is 7. The molecular weight excluding hydrogens is 437 g/mol. The molecule has 1 unspecified atom stereocenters. The van der Waals surface area contributed by atoms with E-state index in [1.807, 2.05) is 36.4 Å². The Labute approximate surface area is 195 Å². The third-order valence-electron chi connectivity index (χ3n) is 6.31. The van der Waals surface area contributed by atoms with Crippen LogP contribution in [-0.4, -0.2) is 29.2 Å². The van der Waals surface area contributed by atoms with Crippen LogP contribution in [0.3, 0.4) is 0 Å². The smallest absolute Gasteiger partial charge is 0.262 e. The van der Waals surface area contributed by atoms with Gasteiger partial charge < -0.3 is 10.1 Å². The highest BCUT2D eigenvalue weighted by Gasteiger charge is 2.25. The van der Waals surface area contributed by atoms with Crippen LogP contribution in [0.4, 0.5) is 4.39 Å². The van der Waals surface area contributed by atoms with Gasteiger partial charge in [0.25, 0.3) is 5.56 Å². The van der Waals surface area contributed by atoms with Crippen molar-refractivity contribution in [1.29, 1.82) is 0 Å². The summed E-state index contributed by atoms with van der Waals surface area (Å²) < 4.78 is 20.8. The van der Waals surface area contributed by atoms with Crippen LogP contribution >= 0.6 is 11.3 Å². The Morgan fingerprint density at radius 2 is 2.12 bits per heavy atom. The van der Waals surface area contributed by atoms with Crippen LogP contribution in [0.15, 0.2) is 59.7 Å². The second kappa shape index (κ2) is 9.45. The fourth-order valence-electron chi connectivity index (χ4n) is 4.57. The summed E-state index contributed by atoms with van der Waals surface area (Å²) in [5, 5.41) is 4.35. The van der Waals surface area contributed by atoms with Crippen LogP contribution in [0.2, 0.25) is 0 Å². The van der Waals surface area contributed by atoms with Crippen molar-refractivity contribution >= 4 is 21.6 Å². The number of methoxy groups -OCH3 is 1. The monoisotopic (exact) mass is 463 g/mol. The van der Waals surface area contributed by atoms with Gasteiger partial charge in [-0.3, -0.25) is 9.36 Å². The minimum atomic E-state index is -0.147. The van der Waals surface area contributed by atoms with Gasteiger partial charge in [-0.25, -0.2) is 9.37 Å². The molecule has 0 aliphatic heterocycles. The van der Waals surface area contributed by atoms with Gasteiger partial charge in [-0.2, -0.15) is 0 Å². The standard InChI is InChI=1S/C26H26FN3O2S/c1-32-20-7-4-5-17(13-20)15-30-16-29-25-24(26(30)31)21-10-9-19(14-23(21)33-25)28-12-11-18-6-2-3-8-22(18)27/h2-8,13,16,19,28H,9-12,14-15H2,1H3.